The maximum Gasteiger partial charge on any atom is 0.309 e. The molecule has 1 amide bonds. The van der Waals surface area contributed by atoms with Crippen LogP contribution >= 0.6 is 0 Å². The summed E-state index contributed by atoms with van der Waals surface area (Å²) < 4.78 is 31.3. The number of halogens is 1. The molecule has 2 saturated heterocycles. The number of benzene rings is 3. The predicted octanol–water partition coefficient (Wildman–Crippen LogP) is 5.30. The minimum Gasteiger partial charge on any atom is -0.481 e. The van der Waals surface area contributed by atoms with Gasteiger partial charge in [-0.3, -0.25) is 14.5 Å². The van der Waals surface area contributed by atoms with E-state index in [4.69, 9.17) is 14.2 Å². The summed E-state index contributed by atoms with van der Waals surface area (Å²) in [6, 6.07) is 14.5. The zero-order valence-corrected chi connectivity index (χ0v) is 26.0. The second-order valence-electron chi connectivity index (χ2n) is 12.0. The first-order valence-electron chi connectivity index (χ1n) is 15.7. The third-order valence-corrected chi connectivity index (χ3v) is 9.19. The normalized spacial score (nSPS) is 21.2. The van der Waals surface area contributed by atoms with E-state index in [0.29, 0.717) is 18.8 Å². The molecule has 3 atom stereocenters. The number of rotatable bonds is 9. The van der Waals surface area contributed by atoms with Gasteiger partial charge in [0.15, 0.2) is 11.6 Å². The number of carboxylic acid groups (broad SMARTS) is 1. The van der Waals surface area contributed by atoms with Crippen LogP contribution in [-0.2, 0) is 27.2 Å². The van der Waals surface area contributed by atoms with Crippen LogP contribution in [0.1, 0.15) is 53.6 Å². The molecule has 9 nitrogen and oxygen atoms in total. The van der Waals surface area contributed by atoms with Gasteiger partial charge in [-0.1, -0.05) is 43.7 Å². The molecule has 0 saturated carbocycles. The zero-order valence-electron chi connectivity index (χ0n) is 26.0. The summed E-state index contributed by atoms with van der Waals surface area (Å²) in [5.41, 5.74) is 6.42. The third-order valence-electron chi connectivity index (χ3n) is 9.19. The summed E-state index contributed by atoms with van der Waals surface area (Å²) in [5, 5.41) is 13.8. The second-order valence-corrected chi connectivity index (χ2v) is 12.0. The lowest BCUT2D eigenvalue weighted by atomic mass is 9.82. The van der Waals surface area contributed by atoms with E-state index in [1.807, 2.05) is 36.1 Å². The van der Waals surface area contributed by atoms with Gasteiger partial charge in [-0.15, -0.1) is 0 Å². The number of amides is 1. The van der Waals surface area contributed by atoms with Gasteiger partial charge in [0, 0.05) is 43.0 Å². The van der Waals surface area contributed by atoms with Crippen molar-refractivity contribution in [2.45, 2.75) is 45.6 Å². The minimum absolute atomic E-state index is 0.0244. The van der Waals surface area contributed by atoms with E-state index in [9.17, 15) is 14.7 Å². The van der Waals surface area contributed by atoms with Gasteiger partial charge >= 0.3 is 5.97 Å². The van der Waals surface area contributed by atoms with Crippen molar-refractivity contribution in [1.82, 2.24) is 4.90 Å². The van der Waals surface area contributed by atoms with Crippen LogP contribution in [-0.4, -0.2) is 68.1 Å². The van der Waals surface area contributed by atoms with Crippen LogP contribution in [0.25, 0.3) is 0 Å². The van der Waals surface area contributed by atoms with Crippen molar-refractivity contribution in [2.24, 2.45) is 5.92 Å². The summed E-state index contributed by atoms with van der Waals surface area (Å²) in [5.74, 6) is -3.07. The summed E-state index contributed by atoms with van der Waals surface area (Å²) in [6.07, 6.45) is 1.54. The largest absolute Gasteiger partial charge is 0.481 e. The average Bonchev–Trinajstić information content (AvgIpc) is 3.67. The molecule has 0 bridgehead atoms. The maximum atomic E-state index is 15.1. The number of aryl methyl sites for hydroxylation is 3. The number of carboxylic acids is 1. The van der Waals surface area contributed by atoms with Crippen molar-refractivity contribution in [3.63, 3.8) is 0 Å². The van der Waals surface area contributed by atoms with Crippen LogP contribution in [0.4, 0.5) is 15.8 Å². The van der Waals surface area contributed by atoms with Crippen molar-refractivity contribution < 1.29 is 33.3 Å². The number of anilines is 2. The van der Waals surface area contributed by atoms with Crippen molar-refractivity contribution >= 4 is 23.3 Å². The zero-order chi connectivity index (χ0) is 31.7. The molecule has 10 heteroatoms. The van der Waals surface area contributed by atoms with Gasteiger partial charge in [0.25, 0.3) is 0 Å². The highest BCUT2D eigenvalue weighted by atomic mass is 19.1. The van der Waals surface area contributed by atoms with Gasteiger partial charge in [-0.05, 0) is 66.3 Å². The number of nitrogens with one attached hydrogen (secondary N) is 1. The van der Waals surface area contributed by atoms with E-state index >= 15 is 4.39 Å². The maximum absolute atomic E-state index is 15.1. The number of morpholine rings is 1. The Morgan fingerprint density at radius 3 is 2.31 bits per heavy atom. The molecule has 45 heavy (non-hydrogen) atoms. The van der Waals surface area contributed by atoms with Gasteiger partial charge < -0.3 is 29.5 Å². The Morgan fingerprint density at radius 2 is 1.67 bits per heavy atom. The van der Waals surface area contributed by atoms with Gasteiger partial charge in [-0.2, -0.15) is 0 Å². The SMILES string of the molecule is CCc1cc(C)cc(CC)c1NC(=O)CN1C[C@H](c2cc(F)c3c(c2)OCO3)C(C(=O)O)[C@@H]1c1ccc(N2CCOCC2)cc1. The molecule has 3 aromatic carbocycles. The standard InChI is InChI=1S/C35H40FN3O6/c1-4-22-14-21(3)15-23(5-2)32(22)37-30(40)19-39-18-27(25-16-28(36)34-29(17-25)44-20-45-34)31(35(41)42)33(39)24-6-8-26(9-7-24)38-10-12-43-13-11-38/h6-9,14-17,27,31,33H,4-5,10-13,18-20H2,1-3H3,(H,37,40)(H,41,42)/t27-,31?,33+/m1/s1. The number of ether oxygens (including phenoxy) is 3. The van der Waals surface area contributed by atoms with E-state index in [1.165, 1.54) is 6.07 Å². The first-order valence-corrected chi connectivity index (χ1v) is 15.7. The highest BCUT2D eigenvalue weighted by molar-refractivity contribution is 5.94. The Balaban J connectivity index is 1.34. The lowest BCUT2D eigenvalue weighted by Crippen LogP contribution is -2.36. The number of nitrogens with zero attached hydrogens (tertiary/aromatic N) is 2. The fraction of sp³-hybridized carbons (Fsp3) is 0.429. The van der Waals surface area contributed by atoms with Crippen LogP contribution in [0.5, 0.6) is 11.5 Å². The molecule has 3 aliphatic rings. The molecule has 2 N–H and O–H groups in total. The van der Waals surface area contributed by atoms with Crippen LogP contribution in [0.3, 0.4) is 0 Å². The molecule has 3 aliphatic heterocycles. The molecule has 1 unspecified atom stereocenters. The molecule has 0 aromatic heterocycles. The topological polar surface area (TPSA) is 101 Å². The van der Waals surface area contributed by atoms with Crippen molar-refractivity contribution in [3.8, 4) is 11.5 Å². The highest BCUT2D eigenvalue weighted by Gasteiger charge is 2.48. The number of carbonyl (C=O) groups excluding carboxylic acids is 1. The Hall–Kier alpha value is -4.15. The molecule has 238 valence electrons. The summed E-state index contributed by atoms with van der Waals surface area (Å²) >= 11 is 0. The van der Waals surface area contributed by atoms with E-state index in [2.05, 4.69) is 36.2 Å². The molecule has 6 rings (SSSR count). The first-order chi connectivity index (χ1) is 21.8. The third kappa shape index (κ3) is 6.21. The van der Waals surface area contributed by atoms with E-state index in [0.717, 1.165) is 59.6 Å². The van der Waals surface area contributed by atoms with Crippen LogP contribution in [0, 0.1) is 18.7 Å². The number of fused-ring (bicyclic) bond motifs is 1. The number of hydrogen-bond donors (Lipinski definition) is 2. The van der Waals surface area contributed by atoms with Gasteiger partial charge in [0.1, 0.15) is 0 Å². The number of aliphatic carboxylic acids is 1. The van der Waals surface area contributed by atoms with Gasteiger partial charge in [0.05, 0.1) is 25.7 Å². The molecule has 2 fully saturated rings. The van der Waals surface area contributed by atoms with Gasteiger partial charge in [-0.25, -0.2) is 4.39 Å². The Morgan fingerprint density at radius 1 is 0.978 bits per heavy atom. The van der Waals surface area contributed by atoms with Crippen molar-refractivity contribution in [1.29, 1.82) is 0 Å². The van der Waals surface area contributed by atoms with Crippen molar-refractivity contribution in [3.05, 3.63) is 82.2 Å². The molecular formula is C35H40FN3O6. The summed E-state index contributed by atoms with van der Waals surface area (Å²) in [4.78, 5) is 30.9. The van der Waals surface area contributed by atoms with Crippen LogP contribution < -0.4 is 19.7 Å². The Kier molecular flexibility index (Phi) is 8.96. The highest BCUT2D eigenvalue weighted by Crippen LogP contribution is 2.48. The summed E-state index contributed by atoms with van der Waals surface area (Å²) in [7, 11) is 0. The molecule has 3 aromatic rings. The van der Waals surface area contributed by atoms with E-state index in [1.54, 1.807) is 6.07 Å². The number of carbonyl (C=O) groups is 2. The molecular weight excluding hydrogens is 577 g/mol. The average molecular weight is 618 g/mol. The first kappa shape index (κ1) is 30.9. The van der Waals surface area contributed by atoms with E-state index < -0.39 is 29.7 Å². The van der Waals surface area contributed by atoms with Gasteiger partial charge in [0.2, 0.25) is 18.4 Å². The van der Waals surface area contributed by atoms with Crippen molar-refractivity contribution in [2.75, 3.05) is 56.4 Å². The molecule has 0 aliphatic carbocycles. The van der Waals surface area contributed by atoms with Crippen LogP contribution in [0.15, 0.2) is 48.5 Å². The fourth-order valence-electron chi connectivity index (χ4n) is 7.06. The molecule has 3 heterocycles. The minimum atomic E-state index is -1.01. The molecule has 0 spiro atoms. The molecule has 0 radical (unpaired) electrons. The monoisotopic (exact) mass is 617 g/mol. The summed E-state index contributed by atoms with van der Waals surface area (Å²) in [6.45, 7) is 9.18. The van der Waals surface area contributed by atoms with E-state index in [-0.39, 0.29) is 37.3 Å². The lowest BCUT2D eigenvalue weighted by molar-refractivity contribution is -0.143. The lowest BCUT2D eigenvalue weighted by Gasteiger charge is -2.30. The predicted molar refractivity (Wildman–Crippen MR) is 169 cm³/mol. The second kappa shape index (κ2) is 13.1. The quantitative estimate of drug-likeness (QED) is 0.334. The smallest absolute Gasteiger partial charge is 0.309 e. The fourth-order valence-corrected chi connectivity index (χ4v) is 7.06. The Bertz CT molecular complexity index is 1550. The van der Waals surface area contributed by atoms with Crippen LogP contribution in [0.2, 0.25) is 0 Å². The number of hydrogen-bond acceptors (Lipinski definition) is 7. The number of likely N-dealkylation sites (tertiary alicyclic amines) is 1. The Labute approximate surface area is 262 Å².